The summed E-state index contributed by atoms with van der Waals surface area (Å²) in [6.45, 7) is 0. The molecule has 30 heavy (non-hydrogen) atoms. The molecule has 0 spiro atoms. The van der Waals surface area contributed by atoms with Gasteiger partial charge >= 0.3 is 0 Å². The molecule has 0 saturated carbocycles. The van der Waals surface area contributed by atoms with Crippen LogP contribution in [0.5, 0.6) is 5.75 Å². The van der Waals surface area contributed by atoms with Gasteiger partial charge in [-0.25, -0.2) is 4.68 Å². The SMILES string of the molecule is COc1ccc(C(N)=O)cc1NC(=O)c1nn(-c2ccccc2Cl)c2c1CCCC2. The lowest BCUT2D eigenvalue weighted by molar-refractivity contribution is 0.0995. The lowest BCUT2D eigenvalue weighted by atomic mass is 9.95. The predicted octanol–water partition coefficient (Wildman–Crippen LogP) is 3.76. The summed E-state index contributed by atoms with van der Waals surface area (Å²) in [6, 6.07) is 12.1. The standard InChI is InChI=1S/C22H21ClN4O3/c1-30-19-11-10-13(21(24)28)12-16(19)25-22(29)20-14-6-2-4-8-17(14)27(26-20)18-9-5-3-7-15(18)23/h3,5,7,9-12H,2,4,6,8H2,1H3,(H2,24,28)(H,25,29). The Labute approximate surface area is 178 Å². The first-order valence-corrected chi connectivity index (χ1v) is 10.0. The zero-order valence-corrected chi connectivity index (χ0v) is 17.2. The van der Waals surface area contributed by atoms with Crippen molar-refractivity contribution < 1.29 is 14.3 Å². The molecule has 0 unspecified atom stereocenters. The number of rotatable bonds is 5. The first-order valence-electron chi connectivity index (χ1n) is 9.64. The van der Waals surface area contributed by atoms with Gasteiger partial charge in [0.1, 0.15) is 5.75 Å². The second kappa shape index (κ2) is 8.20. The summed E-state index contributed by atoms with van der Waals surface area (Å²) in [6.07, 6.45) is 3.60. The maximum Gasteiger partial charge on any atom is 0.276 e. The Bertz CT molecular complexity index is 1140. The van der Waals surface area contributed by atoms with Crippen LogP contribution in [-0.4, -0.2) is 28.7 Å². The number of hydrogen-bond acceptors (Lipinski definition) is 4. The molecule has 0 atom stereocenters. The molecule has 1 aromatic heterocycles. The zero-order chi connectivity index (χ0) is 21.3. The van der Waals surface area contributed by atoms with E-state index >= 15 is 0 Å². The topological polar surface area (TPSA) is 99.2 Å². The van der Waals surface area contributed by atoms with Gasteiger partial charge in [-0.3, -0.25) is 9.59 Å². The summed E-state index contributed by atoms with van der Waals surface area (Å²) in [5.74, 6) is -0.542. The molecule has 3 N–H and O–H groups in total. The lowest BCUT2D eigenvalue weighted by Crippen LogP contribution is -2.17. The van der Waals surface area contributed by atoms with Gasteiger partial charge in [0.2, 0.25) is 5.91 Å². The highest BCUT2D eigenvalue weighted by molar-refractivity contribution is 6.32. The van der Waals surface area contributed by atoms with E-state index in [1.54, 1.807) is 22.9 Å². The van der Waals surface area contributed by atoms with Crippen LogP contribution < -0.4 is 15.8 Å². The van der Waals surface area contributed by atoms with Crippen LogP contribution in [0.25, 0.3) is 5.69 Å². The fourth-order valence-corrected chi connectivity index (χ4v) is 3.96. The summed E-state index contributed by atoms with van der Waals surface area (Å²) in [7, 11) is 1.49. The van der Waals surface area contributed by atoms with Gasteiger partial charge in [-0.05, 0) is 56.0 Å². The van der Waals surface area contributed by atoms with Crippen LogP contribution in [0.4, 0.5) is 5.69 Å². The number of nitrogens with zero attached hydrogens (tertiary/aromatic N) is 2. The van der Waals surface area contributed by atoms with Gasteiger partial charge in [0.25, 0.3) is 5.91 Å². The van der Waals surface area contributed by atoms with Crippen molar-refractivity contribution in [3.63, 3.8) is 0 Å². The second-order valence-electron chi connectivity index (χ2n) is 7.08. The Hall–Kier alpha value is -3.32. The van der Waals surface area contributed by atoms with E-state index < -0.39 is 5.91 Å². The van der Waals surface area contributed by atoms with E-state index in [2.05, 4.69) is 10.4 Å². The van der Waals surface area contributed by atoms with Crippen LogP contribution in [0.1, 0.15) is 44.9 Å². The summed E-state index contributed by atoms with van der Waals surface area (Å²) in [5, 5.41) is 8.01. The number of amides is 2. The third-order valence-electron chi connectivity index (χ3n) is 5.21. The minimum absolute atomic E-state index is 0.273. The van der Waals surface area contributed by atoms with E-state index in [1.807, 2.05) is 18.2 Å². The molecule has 0 radical (unpaired) electrons. The number of hydrogen-bond donors (Lipinski definition) is 2. The highest BCUT2D eigenvalue weighted by atomic mass is 35.5. The molecule has 3 aromatic rings. The van der Waals surface area contributed by atoms with Crippen molar-refractivity contribution in [2.75, 3.05) is 12.4 Å². The van der Waals surface area contributed by atoms with Gasteiger partial charge < -0.3 is 15.8 Å². The van der Waals surface area contributed by atoms with E-state index in [0.717, 1.165) is 42.6 Å². The van der Waals surface area contributed by atoms with E-state index in [0.29, 0.717) is 22.2 Å². The molecule has 154 valence electrons. The highest BCUT2D eigenvalue weighted by Crippen LogP contribution is 2.31. The molecule has 4 rings (SSSR count). The van der Waals surface area contributed by atoms with Gasteiger partial charge in [0.05, 0.1) is 23.5 Å². The number of ether oxygens (including phenoxy) is 1. The predicted molar refractivity (Wildman–Crippen MR) is 115 cm³/mol. The molecule has 1 aliphatic rings. The van der Waals surface area contributed by atoms with Crippen LogP contribution in [0, 0.1) is 0 Å². The number of carbonyl (C=O) groups excluding carboxylic acids is 2. The van der Waals surface area contributed by atoms with Crippen LogP contribution in [-0.2, 0) is 12.8 Å². The summed E-state index contributed by atoms with van der Waals surface area (Å²) < 4.78 is 7.08. The van der Waals surface area contributed by atoms with Crippen molar-refractivity contribution in [3.05, 3.63) is 70.0 Å². The number of para-hydroxylation sites is 1. The molecular formula is C22H21ClN4O3. The third-order valence-corrected chi connectivity index (χ3v) is 5.53. The molecule has 8 heteroatoms. The Morgan fingerprint density at radius 2 is 1.93 bits per heavy atom. The Balaban J connectivity index is 1.75. The van der Waals surface area contributed by atoms with Gasteiger partial charge in [-0.1, -0.05) is 23.7 Å². The molecule has 0 saturated heterocycles. The van der Waals surface area contributed by atoms with Crippen LogP contribution in [0.2, 0.25) is 5.02 Å². The van der Waals surface area contributed by atoms with Crippen molar-refractivity contribution in [2.45, 2.75) is 25.7 Å². The number of carbonyl (C=O) groups is 2. The minimum atomic E-state index is -0.589. The molecule has 1 aliphatic carbocycles. The van der Waals surface area contributed by atoms with E-state index in [-0.39, 0.29) is 11.5 Å². The van der Waals surface area contributed by atoms with Crippen LogP contribution >= 0.6 is 11.6 Å². The van der Waals surface area contributed by atoms with Crippen LogP contribution in [0.3, 0.4) is 0 Å². The molecule has 2 amide bonds. The number of aromatic nitrogens is 2. The number of nitrogens with two attached hydrogens (primary N) is 1. The smallest absolute Gasteiger partial charge is 0.276 e. The van der Waals surface area contributed by atoms with E-state index in [1.165, 1.54) is 13.2 Å². The number of nitrogens with one attached hydrogen (secondary N) is 1. The molecule has 1 heterocycles. The first kappa shape index (κ1) is 20.0. The van der Waals surface area contributed by atoms with Crippen molar-refractivity contribution in [1.82, 2.24) is 9.78 Å². The maximum absolute atomic E-state index is 13.2. The zero-order valence-electron chi connectivity index (χ0n) is 16.4. The normalized spacial score (nSPS) is 12.9. The maximum atomic E-state index is 13.2. The molecule has 0 fully saturated rings. The number of benzene rings is 2. The molecular weight excluding hydrogens is 404 g/mol. The average molecular weight is 425 g/mol. The number of fused-ring (bicyclic) bond motifs is 1. The Kier molecular flexibility index (Phi) is 5.46. The van der Waals surface area contributed by atoms with Crippen molar-refractivity contribution in [1.29, 1.82) is 0 Å². The Morgan fingerprint density at radius 3 is 2.67 bits per heavy atom. The minimum Gasteiger partial charge on any atom is -0.495 e. The Morgan fingerprint density at radius 1 is 1.17 bits per heavy atom. The van der Waals surface area contributed by atoms with Crippen LogP contribution in [0.15, 0.2) is 42.5 Å². The van der Waals surface area contributed by atoms with Crippen molar-refractivity contribution in [2.24, 2.45) is 5.73 Å². The number of primary amides is 1. The van der Waals surface area contributed by atoms with E-state index in [9.17, 15) is 9.59 Å². The van der Waals surface area contributed by atoms with E-state index in [4.69, 9.17) is 22.1 Å². The quantitative estimate of drug-likeness (QED) is 0.651. The van der Waals surface area contributed by atoms with Crippen molar-refractivity contribution in [3.8, 4) is 11.4 Å². The molecule has 2 aromatic carbocycles. The highest BCUT2D eigenvalue weighted by Gasteiger charge is 2.27. The van der Waals surface area contributed by atoms with Gasteiger partial charge in [0.15, 0.2) is 5.69 Å². The fraction of sp³-hybridized carbons (Fsp3) is 0.227. The lowest BCUT2D eigenvalue weighted by Gasteiger charge is -2.15. The molecule has 0 aliphatic heterocycles. The first-order chi connectivity index (χ1) is 14.5. The largest absolute Gasteiger partial charge is 0.495 e. The summed E-state index contributed by atoms with van der Waals surface area (Å²) in [4.78, 5) is 24.7. The third kappa shape index (κ3) is 3.64. The summed E-state index contributed by atoms with van der Waals surface area (Å²) in [5.41, 5.74) is 9.00. The van der Waals surface area contributed by atoms with Gasteiger partial charge in [0, 0.05) is 16.8 Å². The number of methoxy groups -OCH3 is 1. The summed E-state index contributed by atoms with van der Waals surface area (Å²) >= 11 is 6.38. The number of halogens is 1. The second-order valence-corrected chi connectivity index (χ2v) is 7.48. The average Bonchev–Trinajstić information content (AvgIpc) is 3.13. The number of anilines is 1. The fourth-order valence-electron chi connectivity index (χ4n) is 3.74. The molecule has 0 bridgehead atoms. The van der Waals surface area contributed by atoms with Crippen molar-refractivity contribution >= 4 is 29.1 Å². The van der Waals surface area contributed by atoms with Gasteiger partial charge in [-0.15, -0.1) is 0 Å². The van der Waals surface area contributed by atoms with Gasteiger partial charge in [-0.2, -0.15) is 5.10 Å². The monoisotopic (exact) mass is 424 g/mol. The molecule has 7 nitrogen and oxygen atoms in total.